The summed E-state index contributed by atoms with van der Waals surface area (Å²) < 4.78 is 1.06. The molecule has 1 heterocycles. The fourth-order valence-electron chi connectivity index (χ4n) is 1.31. The number of rotatable bonds is 1. The summed E-state index contributed by atoms with van der Waals surface area (Å²) in [5, 5.41) is 10.0. The number of aryl methyl sites for hydroxylation is 1. The third-order valence-electron chi connectivity index (χ3n) is 1.87. The van der Waals surface area contributed by atoms with Gasteiger partial charge in [0, 0.05) is 0 Å². The lowest BCUT2D eigenvalue weighted by atomic mass is 10.2. The monoisotopic (exact) mass is 222 g/mol. The Labute approximate surface area is 90.8 Å². The molecule has 0 atom stereocenters. The number of nitrogens with zero attached hydrogens (tertiary/aromatic N) is 2. The lowest BCUT2D eigenvalue weighted by Crippen LogP contribution is -1.78. The molecule has 2 aromatic rings. The van der Waals surface area contributed by atoms with E-state index in [1.807, 2.05) is 19.1 Å². The van der Waals surface area contributed by atoms with E-state index in [0.29, 0.717) is 11.4 Å². The van der Waals surface area contributed by atoms with Crippen LogP contribution in [0.15, 0.2) is 12.1 Å². The SMILES string of the molecule is Cc1cc(Cl)c2nc(CC#N)sc2c1. The van der Waals surface area contributed by atoms with Gasteiger partial charge in [0.25, 0.3) is 0 Å². The van der Waals surface area contributed by atoms with Gasteiger partial charge in [-0.05, 0) is 24.6 Å². The zero-order valence-electron chi connectivity index (χ0n) is 7.54. The van der Waals surface area contributed by atoms with Crippen molar-refractivity contribution in [3.05, 3.63) is 27.7 Å². The number of benzene rings is 1. The lowest BCUT2D eigenvalue weighted by Gasteiger charge is -1.93. The Balaban J connectivity index is 2.66. The van der Waals surface area contributed by atoms with Gasteiger partial charge in [0.1, 0.15) is 10.5 Å². The molecule has 0 spiro atoms. The Morgan fingerprint density at radius 1 is 1.57 bits per heavy atom. The Morgan fingerprint density at radius 3 is 3.07 bits per heavy atom. The lowest BCUT2D eigenvalue weighted by molar-refractivity contribution is 1.21. The molecule has 0 aliphatic carbocycles. The van der Waals surface area contributed by atoms with Gasteiger partial charge in [0.05, 0.1) is 22.2 Å². The van der Waals surface area contributed by atoms with Crippen LogP contribution >= 0.6 is 22.9 Å². The van der Waals surface area contributed by atoms with Gasteiger partial charge >= 0.3 is 0 Å². The molecule has 0 aliphatic heterocycles. The maximum atomic E-state index is 8.55. The number of thiazole rings is 1. The summed E-state index contributed by atoms with van der Waals surface area (Å²) in [6, 6.07) is 6.01. The molecule has 70 valence electrons. The Kier molecular flexibility index (Phi) is 2.40. The Hall–Kier alpha value is -1.11. The molecule has 0 bridgehead atoms. The van der Waals surface area contributed by atoms with E-state index in [-0.39, 0.29) is 0 Å². The van der Waals surface area contributed by atoms with Crippen molar-refractivity contribution in [2.24, 2.45) is 0 Å². The van der Waals surface area contributed by atoms with Gasteiger partial charge in [0.2, 0.25) is 0 Å². The molecule has 0 saturated carbocycles. The smallest absolute Gasteiger partial charge is 0.108 e. The molecule has 1 aromatic heterocycles. The van der Waals surface area contributed by atoms with Gasteiger partial charge < -0.3 is 0 Å². The molecule has 0 fully saturated rings. The number of halogens is 1. The predicted octanol–water partition coefficient (Wildman–Crippen LogP) is 3.32. The molecule has 2 nitrogen and oxygen atoms in total. The molecule has 0 radical (unpaired) electrons. The van der Waals surface area contributed by atoms with E-state index in [4.69, 9.17) is 16.9 Å². The first-order valence-corrected chi connectivity index (χ1v) is 5.32. The van der Waals surface area contributed by atoms with Gasteiger partial charge in [-0.15, -0.1) is 11.3 Å². The summed E-state index contributed by atoms with van der Waals surface area (Å²) >= 11 is 7.57. The average Bonchev–Trinajstić information content (AvgIpc) is 2.48. The molecular weight excluding hydrogens is 216 g/mol. The van der Waals surface area contributed by atoms with Crippen molar-refractivity contribution in [2.45, 2.75) is 13.3 Å². The highest BCUT2D eigenvalue weighted by atomic mass is 35.5. The van der Waals surface area contributed by atoms with Crippen LogP contribution in [0.3, 0.4) is 0 Å². The first-order valence-electron chi connectivity index (χ1n) is 4.13. The number of hydrogen-bond donors (Lipinski definition) is 0. The van der Waals surface area contributed by atoms with Crippen molar-refractivity contribution in [3.63, 3.8) is 0 Å². The summed E-state index contributed by atoms with van der Waals surface area (Å²) in [6.45, 7) is 2.00. The maximum absolute atomic E-state index is 8.55. The van der Waals surface area contributed by atoms with E-state index >= 15 is 0 Å². The van der Waals surface area contributed by atoms with Gasteiger partial charge in [-0.1, -0.05) is 11.6 Å². The summed E-state index contributed by atoms with van der Waals surface area (Å²) in [5.41, 5.74) is 1.93. The zero-order valence-corrected chi connectivity index (χ0v) is 9.11. The average molecular weight is 223 g/mol. The normalized spacial score (nSPS) is 10.4. The molecule has 0 N–H and O–H groups in total. The van der Waals surface area contributed by atoms with Gasteiger partial charge in [-0.2, -0.15) is 5.26 Å². The van der Waals surface area contributed by atoms with E-state index in [1.165, 1.54) is 11.3 Å². The van der Waals surface area contributed by atoms with Crippen molar-refractivity contribution < 1.29 is 0 Å². The van der Waals surface area contributed by atoms with Crippen LogP contribution in [0.5, 0.6) is 0 Å². The van der Waals surface area contributed by atoms with Crippen LogP contribution in [0.25, 0.3) is 10.2 Å². The summed E-state index contributed by atoms with van der Waals surface area (Å²) in [7, 11) is 0. The molecule has 14 heavy (non-hydrogen) atoms. The molecule has 1 aromatic carbocycles. The Morgan fingerprint density at radius 2 is 2.36 bits per heavy atom. The third kappa shape index (κ3) is 1.59. The second-order valence-corrected chi connectivity index (χ2v) is 4.56. The molecule has 0 amide bonds. The minimum absolute atomic E-state index is 0.356. The van der Waals surface area contributed by atoms with Crippen molar-refractivity contribution in [3.8, 4) is 6.07 Å². The fourth-order valence-corrected chi connectivity index (χ4v) is 2.70. The fraction of sp³-hybridized carbons (Fsp3) is 0.200. The Bertz CT molecular complexity index is 525. The molecule has 0 unspecified atom stereocenters. The summed E-state index contributed by atoms with van der Waals surface area (Å²) in [6.07, 6.45) is 0.356. The van der Waals surface area contributed by atoms with Crippen LogP contribution in [0.2, 0.25) is 5.02 Å². The molecule has 2 rings (SSSR count). The number of aromatic nitrogens is 1. The van der Waals surface area contributed by atoms with Gasteiger partial charge in [0.15, 0.2) is 0 Å². The largest absolute Gasteiger partial charge is 0.239 e. The quantitative estimate of drug-likeness (QED) is 0.742. The minimum Gasteiger partial charge on any atom is -0.239 e. The van der Waals surface area contributed by atoms with E-state index in [2.05, 4.69) is 11.1 Å². The van der Waals surface area contributed by atoms with E-state index in [0.717, 1.165) is 20.8 Å². The zero-order chi connectivity index (χ0) is 10.1. The topological polar surface area (TPSA) is 36.7 Å². The van der Waals surface area contributed by atoms with Crippen molar-refractivity contribution >= 4 is 33.2 Å². The highest BCUT2D eigenvalue weighted by molar-refractivity contribution is 7.18. The highest BCUT2D eigenvalue weighted by Crippen LogP contribution is 2.29. The second-order valence-electron chi connectivity index (χ2n) is 3.04. The van der Waals surface area contributed by atoms with E-state index < -0.39 is 0 Å². The maximum Gasteiger partial charge on any atom is 0.108 e. The van der Waals surface area contributed by atoms with Crippen LogP contribution in [0, 0.1) is 18.3 Å². The van der Waals surface area contributed by atoms with E-state index in [1.54, 1.807) is 0 Å². The summed E-state index contributed by atoms with van der Waals surface area (Å²) in [4.78, 5) is 4.31. The first-order chi connectivity index (χ1) is 6.70. The van der Waals surface area contributed by atoms with Crippen LogP contribution < -0.4 is 0 Å². The van der Waals surface area contributed by atoms with Crippen LogP contribution in [-0.4, -0.2) is 4.98 Å². The van der Waals surface area contributed by atoms with E-state index in [9.17, 15) is 0 Å². The molecule has 0 saturated heterocycles. The van der Waals surface area contributed by atoms with Crippen molar-refractivity contribution in [1.29, 1.82) is 5.26 Å². The second kappa shape index (κ2) is 3.56. The number of hydrogen-bond acceptors (Lipinski definition) is 3. The van der Waals surface area contributed by atoms with Crippen molar-refractivity contribution in [2.75, 3.05) is 0 Å². The highest BCUT2D eigenvalue weighted by Gasteiger charge is 2.07. The van der Waals surface area contributed by atoms with Crippen LogP contribution in [0.4, 0.5) is 0 Å². The molecule has 4 heteroatoms. The molecular formula is C10H7ClN2S. The van der Waals surface area contributed by atoms with Gasteiger partial charge in [-0.3, -0.25) is 0 Å². The third-order valence-corrected chi connectivity index (χ3v) is 3.16. The minimum atomic E-state index is 0.356. The summed E-state index contributed by atoms with van der Waals surface area (Å²) in [5.74, 6) is 0. The van der Waals surface area contributed by atoms with Crippen LogP contribution in [-0.2, 0) is 6.42 Å². The van der Waals surface area contributed by atoms with Crippen molar-refractivity contribution in [1.82, 2.24) is 4.98 Å². The van der Waals surface area contributed by atoms with Gasteiger partial charge in [-0.25, -0.2) is 4.98 Å². The van der Waals surface area contributed by atoms with Crippen LogP contribution in [0.1, 0.15) is 10.6 Å². The molecule has 0 aliphatic rings. The number of nitriles is 1. The number of fused-ring (bicyclic) bond motifs is 1. The predicted molar refractivity (Wildman–Crippen MR) is 58.7 cm³/mol. The first kappa shape index (κ1) is 9.45. The standard InChI is InChI=1S/C10H7ClN2S/c1-6-4-7(11)10-8(5-6)14-9(13-10)2-3-12/h4-5H,2H2,1H3.